The SMILES string of the molecule is CC(C)N1C2CCC1CN(C(=O)NCCC1CC1)CC2. The second-order valence-corrected chi connectivity index (χ2v) is 7.12. The van der Waals surface area contributed by atoms with E-state index in [0.717, 1.165) is 32.0 Å². The first kappa shape index (κ1) is 14.2. The molecule has 2 atom stereocenters. The van der Waals surface area contributed by atoms with Gasteiger partial charge in [-0.15, -0.1) is 0 Å². The van der Waals surface area contributed by atoms with Gasteiger partial charge in [-0.25, -0.2) is 4.79 Å². The third-order valence-corrected chi connectivity index (χ3v) is 5.25. The van der Waals surface area contributed by atoms with E-state index in [0.29, 0.717) is 18.1 Å². The Morgan fingerprint density at radius 2 is 1.90 bits per heavy atom. The number of hydrogen-bond acceptors (Lipinski definition) is 2. The van der Waals surface area contributed by atoms with Gasteiger partial charge in [0.15, 0.2) is 0 Å². The van der Waals surface area contributed by atoms with E-state index < -0.39 is 0 Å². The molecule has 3 fully saturated rings. The third-order valence-electron chi connectivity index (χ3n) is 5.25. The van der Waals surface area contributed by atoms with E-state index in [2.05, 4.69) is 29.0 Å². The van der Waals surface area contributed by atoms with E-state index in [9.17, 15) is 4.79 Å². The van der Waals surface area contributed by atoms with Crippen LogP contribution >= 0.6 is 0 Å². The number of nitrogens with zero attached hydrogens (tertiary/aromatic N) is 2. The van der Waals surface area contributed by atoms with Crippen molar-refractivity contribution in [3.63, 3.8) is 0 Å². The monoisotopic (exact) mass is 279 g/mol. The number of amides is 2. The van der Waals surface area contributed by atoms with Crippen LogP contribution in [0.3, 0.4) is 0 Å². The second kappa shape index (κ2) is 5.92. The summed E-state index contributed by atoms with van der Waals surface area (Å²) < 4.78 is 0. The molecule has 2 aliphatic heterocycles. The Bertz CT molecular complexity index is 354. The predicted molar refractivity (Wildman–Crippen MR) is 80.7 cm³/mol. The first-order valence-electron chi connectivity index (χ1n) is 8.45. The van der Waals surface area contributed by atoms with Crippen LogP contribution in [0.5, 0.6) is 0 Å². The molecule has 1 saturated carbocycles. The summed E-state index contributed by atoms with van der Waals surface area (Å²) in [5.41, 5.74) is 0. The molecule has 20 heavy (non-hydrogen) atoms. The Balaban J connectivity index is 1.51. The van der Waals surface area contributed by atoms with Crippen LogP contribution in [0.15, 0.2) is 0 Å². The minimum Gasteiger partial charge on any atom is -0.338 e. The maximum absolute atomic E-state index is 12.3. The molecule has 0 aromatic heterocycles. The molecule has 1 N–H and O–H groups in total. The van der Waals surface area contributed by atoms with E-state index in [-0.39, 0.29) is 6.03 Å². The molecule has 3 rings (SSSR count). The molecule has 2 heterocycles. The van der Waals surface area contributed by atoms with Crippen LogP contribution in [0.1, 0.15) is 52.4 Å². The van der Waals surface area contributed by atoms with Gasteiger partial charge in [-0.3, -0.25) is 4.90 Å². The van der Waals surface area contributed by atoms with Gasteiger partial charge < -0.3 is 10.2 Å². The minimum atomic E-state index is 0.168. The van der Waals surface area contributed by atoms with Gasteiger partial charge in [0.25, 0.3) is 0 Å². The number of carbonyl (C=O) groups is 1. The minimum absolute atomic E-state index is 0.168. The van der Waals surface area contributed by atoms with Crippen molar-refractivity contribution in [3.05, 3.63) is 0 Å². The standard InChI is InChI=1S/C16H29N3O/c1-12(2)19-14-5-6-15(19)11-18(10-8-14)16(20)17-9-7-13-3-4-13/h12-15H,3-11H2,1-2H3,(H,17,20). The molecule has 4 nitrogen and oxygen atoms in total. The highest BCUT2D eigenvalue weighted by molar-refractivity contribution is 5.74. The van der Waals surface area contributed by atoms with Crippen molar-refractivity contribution in [1.82, 2.24) is 15.1 Å². The Hall–Kier alpha value is -0.770. The maximum Gasteiger partial charge on any atom is 0.317 e. The van der Waals surface area contributed by atoms with Gasteiger partial charge in [0.05, 0.1) is 0 Å². The first-order chi connectivity index (χ1) is 9.65. The van der Waals surface area contributed by atoms with Crippen molar-refractivity contribution in [2.45, 2.75) is 70.5 Å². The smallest absolute Gasteiger partial charge is 0.317 e. The first-order valence-corrected chi connectivity index (χ1v) is 8.45. The fourth-order valence-electron chi connectivity index (χ4n) is 4.04. The Morgan fingerprint density at radius 3 is 2.60 bits per heavy atom. The largest absolute Gasteiger partial charge is 0.338 e. The molecule has 2 amide bonds. The summed E-state index contributed by atoms with van der Waals surface area (Å²) in [5.74, 6) is 0.895. The summed E-state index contributed by atoms with van der Waals surface area (Å²) in [7, 11) is 0. The maximum atomic E-state index is 12.3. The molecule has 0 radical (unpaired) electrons. The molecule has 1 aliphatic carbocycles. The predicted octanol–water partition coefficient (Wildman–Crippen LogP) is 2.44. The summed E-state index contributed by atoms with van der Waals surface area (Å²) >= 11 is 0. The number of rotatable bonds is 4. The van der Waals surface area contributed by atoms with Crippen molar-refractivity contribution in [3.8, 4) is 0 Å². The van der Waals surface area contributed by atoms with Crippen molar-refractivity contribution < 1.29 is 4.79 Å². The number of carbonyl (C=O) groups excluding carboxylic acids is 1. The van der Waals surface area contributed by atoms with Crippen LogP contribution in [0, 0.1) is 5.92 Å². The Labute approximate surface area is 122 Å². The van der Waals surface area contributed by atoms with Crippen LogP contribution in [-0.4, -0.2) is 53.6 Å². The van der Waals surface area contributed by atoms with E-state index in [1.54, 1.807) is 0 Å². The molecule has 3 aliphatic rings. The zero-order valence-corrected chi connectivity index (χ0v) is 13.0. The zero-order valence-electron chi connectivity index (χ0n) is 13.0. The molecule has 4 heteroatoms. The second-order valence-electron chi connectivity index (χ2n) is 7.12. The summed E-state index contributed by atoms with van der Waals surface area (Å²) in [4.78, 5) is 17.0. The highest BCUT2D eigenvalue weighted by atomic mass is 16.2. The van der Waals surface area contributed by atoms with Crippen molar-refractivity contribution in [1.29, 1.82) is 0 Å². The van der Waals surface area contributed by atoms with Gasteiger partial charge in [0.1, 0.15) is 0 Å². The molecule has 114 valence electrons. The highest BCUT2D eigenvalue weighted by Gasteiger charge is 2.39. The normalized spacial score (nSPS) is 30.6. The van der Waals surface area contributed by atoms with E-state index in [1.807, 2.05) is 0 Å². The lowest BCUT2D eigenvalue weighted by Gasteiger charge is -2.32. The topological polar surface area (TPSA) is 35.6 Å². The Morgan fingerprint density at radius 1 is 1.15 bits per heavy atom. The van der Waals surface area contributed by atoms with Crippen LogP contribution in [-0.2, 0) is 0 Å². The molecular weight excluding hydrogens is 250 g/mol. The fourth-order valence-corrected chi connectivity index (χ4v) is 4.04. The van der Waals surface area contributed by atoms with E-state index >= 15 is 0 Å². The van der Waals surface area contributed by atoms with Crippen LogP contribution < -0.4 is 5.32 Å². The number of urea groups is 1. The molecular formula is C16H29N3O. The lowest BCUT2D eigenvalue weighted by molar-refractivity contribution is 0.147. The molecule has 0 aromatic carbocycles. The summed E-state index contributed by atoms with van der Waals surface area (Å²) in [6.07, 6.45) is 7.63. The van der Waals surface area contributed by atoms with Gasteiger partial charge in [-0.05, 0) is 45.4 Å². The van der Waals surface area contributed by atoms with Gasteiger partial charge in [-0.1, -0.05) is 12.8 Å². The van der Waals surface area contributed by atoms with Crippen molar-refractivity contribution in [2.24, 2.45) is 5.92 Å². The number of fused-ring (bicyclic) bond motifs is 2. The average Bonchev–Trinajstić information content (AvgIpc) is 3.13. The quantitative estimate of drug-likeness (QED) is 0.858. The number of likely N-dealkylation sites (tertiary alicyclic amines) is 1. The van der Waals surface area contributed by atoms with E-state index in [1.165, 1.54) is 32.1 Å². The van der Waals surface area contributed by atoms with Crippen molar-refractivity contribution >= 4 is 6.03 Å². The molecule has 2 saturated heterocycles. The van der Waals surface area contributed by atoms with Gasteiger partial charge in [0, 0.05) is 37.8 Å². The molecule has 0 spiro atoms. The average molecular weight is 279 g/mol. The van der Waals surface area contributed by atoms with Crippen molar-refractivity contribution in [2.75, 3.05) is 19.6 Å². The van der Waals surface area contributed by atoms with E-state index in [4.69, 9.17) is 0 Å². The van der Waals surface area contributed by atoms with Gasteiger partial charge >= 0.3 is 6.03 Å². The summed E-state index contributed by atoms with van der Waals surface area (Å²) in [5, 5.41) is 3.12. The lowest BCUT2D eigenvalue weighted by Crippen LogP contribution is -2.46. The highest BCUT2D eigenvalue weighted by Crippen LogP contribution is 2.32. The number of nitrogens with one attached hydrogen (secondary N) is 1. The molecule has 0 aromatic rings. The van der Waals surface area contributed by atoms with Crippen LogP contribution in [0.2, 0.25) is 0 Å². The van der Waals surface area contributed by atoms with Gasteiger partial charge in [-0.2, -0.15) is 0 Å². The van der Waals surface area contributed by atoms with Crippen LogP contribution in [0.25, 0.3) is 0 Å². The summed E-state index contributed by atoms with van der Waals surface area (Å²) in [6.45, 7) is 7.29. The third kappa shape index (κ3) is 3.11. The van der Waals surface area contributed by atoms with Gasteiger partial charge in [0.2, 0.25) is 0 Å². The Kier molecular flexibility index (Phi) is 4.20. The molecule has 2 bridgehead atoms. The van der Waals surface area contributed by atoms with Crippen LogP contribution in [0.4, 0.5) is 4.79 Å². The zero-order chi connectivity index (χ0) is 14.1. The summed E-state index contributed by atoms with van der Waals surface area (Å²) in [6, 6.07) is 2.05. The lowest BCUT2D eigenvalue weighted by atomic mass is 10.1. The fraction of sp³-hybridized carbons (Fsp3) is 0.938. The number of hydrogen-bond donors (Lipinski definition) is 1. The molecule has 2 unspecified atom stereocenters.